The molecule has 0 amide bonds. The van der Waals surface area contributed by atoms with E-state index in [0.29, 0.717) is 5.54 Å². The number of nitrogens with zero attached hydrogens (tertiary/aromatic N) is 1. The lowest BCUT2D eigenvalue weighted by atomic mass is 9.92. The molecule has 2 rings (SSSR count). The second-order valence-electron chi connectivity index (χ2n) is 6.06. The molecule has 0 radical (unpaired) electrons. The van der Waals surface area contributed by atoms with Crippen molar-refractivity contribution in [2.45, 2.75) is 77.3 Å². The maximum atomic E-state index is 2.75. The first-order chi connectivity index (χ1) is 7.17. The highest BCUT2D eigenvalue weighted by atomic mass is 15.4. The average molecular weight is 209 g/mol. The van der Waals surface area contributed by atoms with Crippen molar-refractivity contribution in [1.29, 1.82) is 0 Å². The van der Waals surface area contributed by atoms with Gasteiger partial charge in [-0.1, -0.05) is 39.5 Å². The van der Waals surface area contributed by atoms with Crippen molar-refractivity contribution in [2.75, 3.05) is 6.54 Å². The molecule has 0 aromatic heterocycles. The summed E-state index contributed by atoms with van der Waals surface area (Å²) in [6.45, 7) is 8.59. The minimum absolute atomic E-state index is 0.641. The van der Waals surface area contributed by atoms with Gasteiger partial charge in [-0.3, -0.25) is 4.90 Å². The lowest BCUT2D eigenvalue weighted by Crippen LogP contribution is -2.24. The third kappa shape index (κ3) is 2.38. The molecule has 1 heteroatoms. The monoisotopic (exact) mass is 209 g/mol. The molecule has 0 aliphatic carbocycles. The molecule has 0 aromatic carbocycles. The van der Waals surface area contributed by atoms with Crippen LogP contribution in [0.25, 0.3) is 0 Å². The van der Waals surface area contributed by atoms with E-state index in [2.05, 4.69) is 25.7 Å². The fourth-order valence-corrected chi connectivity index (χ4v) is 3.36. The van der Waals surface area contributed by atoms with E-state index >= 15 is 0 Å². The molecule has 0 spiro atoms. The van der Waals surface area contributed by atoms with E-state index < -0.39 is 0 Å². The molecule has 0 saturated carbocycles. The Bertz CT molecular complexity index is 213. The van der Waals surface area contributed by atoms with Crippen LogP contribution in [0.2, 0.25) is 0 Å². The van der Waals surface area contributed by atoms with Crippen LogP contribution in [0.4, 0.5) is 0 Å². The van der Waals surface area contributed by atoms with Gasteiger partial charge in [0.25, 0.3) is 0 Å². The zero-order valence-corrected chi connectivity index (χ0v) is 10.8. The Balaban J connectivity index is 1.66. The van der Waals surface area contributed by atoms with Crippen molar-refractivity contribution < 1.29 is 0 Å². The van der Waals surface area contributed by atoms with Crippen molar-refractivity contribution in [3.63, 3.8) is 0 Å². The number of hydrogen-bond donors (Lipinski definition) is 0. The number of fused-ring (bicyclic) bond motifs is 1. The Morgan fingerprint density at radius 1 is 1.33 bits per heavy atom. The van der Waals surface area contributed by atoms with Gasteiger partial charge in [-0.25, -0.2) is 0 Å². The van der Waals surface area contributed by atoms with E-state index in [1.165, 1.54) is 51.5 Å². The largest absolute Gasteiger partial charge is 0.292 e. The molecule has 0 bridgehead atoms. The van der Waals surface area contributed by atoms with Crippen LogP contribution in [0, 0.1) is 5.92 Å². The summed E-state index contributed by atoms with van der Waals surface area (Å²) >= 11 is 0. The maximum Gasteiger partial charge on any atom is 0.0313 e. The molecule has 2 aliphatic heterocycles. The Hall–Kier alpha value is -0.0400. The smallest absolute Gasteiger partial charge is 0.0313 e. The van der Waals surface area contributed by atoms with E-state index in [1.54, 1.807) is 0 Å². The van der Waals surface area contributed by atoms with Gasteiger partial charge in [0.1, 0.15) is 0 Å². The molecular weight excluding hydrogens is 182 g/mol. The number of piperidine rings is 1. The van der Waals surface area contributed by atoms with E-state index in [1.807, 2.05) is 0 Å². The highest BCUT2D eigenvalue weighted by Crippen LogP contribution is 2.49. The van der Waals surface area contributed by atoms with Crippen LogP contribution in [-0.4, -0.2) is 23.0 Å². The molecule has 0 N–H and O–H groups in total. The second kappa shape index (κ2) is 4.45. The van der Waals surface area contributed by atoms with E-state index in [-0.39, 0.29) is 0 Å². The summed E-state index contributed by atoms with van der Waals surface area (Å²) < 4.78 is 0. The van der Waals surface area contributed by atoms with E-state index in [9.17, 15) is 0 Å². The first-order valence-electron chi connectivity index (χ1n) is 6.94. The quantitative estimate of drug-likeness (QED) is 0.474. The SMILES string of the molecule is CCCCCCC(C)C1CCC2(C)CN12. The molecule has 4 unspecified atom stereocenters. The summed E-state index contributed by atoms with van der Waals surface area (Å²) in [5.74, 6) is 0.936. The van der Waals surface area contributed by atoms with E-state index in [0.717, 1.165) is 12.0 Å². The van der Waals surface area contributed by atoms with Crippen molar-refractivity contribution in [3.8, 4) is 0 Å². The van der Waals surface area contributed by atoms with Crippen LogP contribution < -0.4 is 0 Å². The molecule has 88 valence electrons. The molecule has 15 heavy (non-hydrogen) atoms. The van der Waals surface area contributed by atoms with Crippen molar-refractivity contribution in [3.05, 3.63) is 0 Å². The minimum Gasteiger partial charge on any atom is -0.292 e. The van der Waals surface area contributed by atoms with Crippen molar-refractivity contribution >= 4 is 0 Å². The lowest BCUT2D eigenvalue weighted by Gasteiger charge is -2.21. The van der Waals surface area contributed by atoms with Crippen LogP contribution in [0.3, 0.4) is 0 Å². The summed E-state index contributed by atoms with van der Waals surface area (Å²) in [7, 11) is 0. The van der Waals surface area contributed by atoms with Crippen LogP contribution in [0.1, 0.15) is 65.7 Å². The standard InChI is InChI=1S/C14H27N/c1-4-5-6-7-8-12(2)13-9-10-14(3)11-15(13)14/h12-13H,4-11H2,1-3H3. The van der Waals surface area contributed by atoms with Gasteiger partial charge in [0.05, 0.1) is 0 Å². The Labute approximate surface area is 95.2 Å². The predicted molar refractivity (Wildman–Crippen MR) is 66.1 cm³/mol. The summed E-state index contributed by atoms with van der Waals surface area (Å²) in [4.78, 5) is 2.75. The Morgan fingerprint density at radius 3 is 2.67 bits per heavy atom. The first-order valence-corrected chi connectivity index (χ1v) is 6.94. The zero-order chi connectivity index (χ0) is 10.9. The molecular formula is C14H27N. The van der Waals surface area contributed by atoms with Crippen molar-refractivity contribution in [1.82, 2.24) is 4.90 Å². The summed E-state index contributed by atoms with van der Waals surface area (Å²) in [5.41, 5.74) is 0.641. The molecule has 4 atom stereocenters. The molecule has 2 saturated heterocycles. The van der Waals surface area contributed by atoms with Gasteiger partial charge in [0.2, 0.25) is 0 Å². The van der Waals surface area contributed by atoms with Crippen LogP contribution in [-0.2, 0) is 0 Å². The van der Waals surface area contributed by atoms with Crippen LogP contribution in [0.5, 0.6) is 0 Å². The second-order valence-corrected chi connectivity index (χ2v) is 6.06. The van der Waals surface area contributed by atoms with Crippen LogP contribution >= 0.6 is 0 Å². The maximum absolute atomic E-state index is 2.75. The van der Waals surface area contributed by atoms with Gasteiger partial charge in [0.15, 0.2) is 0 Å². The summed E-state index contributed by atoms with van der Waals surface area (Å²) in [6, 6.07) is 0.927. The number of hydrogen-bond acceptors (Lipinski definition) is 1. The predicted octanol–water partition coefficient (Wildman–Crippen LogP) is 3.83. The average Bonchev–Trinajstić information content (AvgIpc) is 2.77. The van der Waals surface area contributed by atoms with Gasteiger partial charge in [-0.15, -0.1) is 0 Å². The molecule has 2 aliphatic rings. The van der Waals surface area contributed by atoms with Gasteiger partial charge >= 0.3 is 0 Å². The van der Waals surface area contributed by atoms with Gasteiger partial charge in [0, 0.05) is 18.1 Å². The fraction of sp³-hybridized carbons (Fsp3) is 1.00. The topological polar surface area (TPSA) is 3.01 Å². The van der Waals surface area contributed by atoms with Gasteiger partial charge < -0.3 is 0 Å². The minimum atomic E-state index is 0.641. The Kier molecular flexibility index (Phi) is 3.39. The lowest BCUT2D eigenvalue weighted by molar-refractivity contribution is 0.281. The van der Waals surface area contributed by atoms with Gasteiger partial charge in [-0.05, 0) is 32.1 Å². The van der Waals surface area contributed by atoms with Crippen LogP contribution in [0.15, 0.2) is 0 Å². The molecule has 1 nitrogen and oxygen atoms in total. The van der Waals surface area contributed by atoms with E-state index in [4.69, 9.17) is 0 Å². The Morgan fingerprint density at radius 2 is 2.13 bits per heavy atom. The van der Waals surface area contributed by atoms with Gasteiger partial charge in [-0.2, -0.15) is 0 Å². The third-order valence-corrected chi connectivity index (χ3v) is 4.65. The molecule has 2 heterocycles. The van der Waals surface area contributed by atoms with Crippen molar-refractivity contribution in [2.24, 2.45) is 5.92 Å². The summed E-state index contributed by atoms with van der Waals surface area (Å²) in [5, 5.41) is 0. The first kappa shape index (κ1) is 11.4. The third-order valence-electron chi connectivity index (χ3n) is 4.65. The summed E-state index contributed by atoms with van der Waals surface area (Å²) in [6.07, 6.45) is 10.1. The highest BCUT2D eigenvalue weighted by molar-refractivity contribution is 5.12. The highest BCUT2D eigenvalue weighted by Gasteiger charge is 2.56. The zero-order valence-electron chi connectivity index (χ0n) is 10.8. The fourth-order valence-electron chi connectivity index (χ4n) is 3.36. The molecule has 2 fully saturated rings. The number of rotatable bonds is 6. The molecule has 0 aromatic rings. The number of unbranched alkanes of at least 4 members (excludes halogenated alkanes) is 3. The normalized spacial score (nSPS) is 40.2.